The van der Waals surface area contributed by atoms with Crippen molar-refractivity contribution in [3.63, 3.8) is 0 Å². The van der Waals surface area contributed by atoms with Crippen LogP contribution in [0.1, 0.15) is 33.5 Å². The zero-order valence-electron chi connectivity index (χ0n) is 26.9. The molecule has 0 fully saturated rings. The molecular formula is C37H39N3O7. The Morgan fingerprint density at radius 3 is 2.28 bits per heavy atom. The molecule has 0 spiro atoms. The maximum atomic E-state index is 14.2. The number of aliphatic hydroxyl groups is 2. The number of fused-ring (bicyclic) bond motifs is 3. The van der Waals surface area contributed by atoms with E-state index in [1.165, 1.54) is 11.6 Å². The fraction of sp³-hybridized carbons (Fsp3) is 0.324. The van der Waals surface area contributed by atoms with E-state index in [4.69, 9.17) is 10.5 Å². The predicted molar refractivity (Wildman–Crippen MR) is 176 cm³/mol. The fourth-order valence-corrected chi connectivity index (χ4v) is 7.85. The summed E-state index contributed by atoms with van der Waals surface area (Å²) in [5.74, 6) is -5.33. The largest absolute Gasteiger partial charge is 0.511 e. The fourth-order valence-electron chi connectivity index (χ4n) is 7.85. The van der Waals surface area contributed by atoms with Crippen LogP contribution in [0.25, 0.3) is 11.1 Å². The molecule has 1 amide bonds. The lowest BCUT2D eigenvalue weighted by molar-refractivity contribution is -0.127. The summed E-state index contributed by atoms with van der Waals surface area (Å²) in [6.07, 6.45) is 0.562. The van der Waals surface area contributed by atoms with Gasteiger partial charge in [0.1, 0.15) is 28.6 Å². The third-order valence-electron chi connectivity index (χ3n) is 9.75. The van der Waals surface area contributed by atoms with Gasteiger partial charge in [-0.25, -0.2) is 0 Å². The van der Waals surface area contributed by atoms with Crippen molar-refractivity contribution in [2.24, 2.45) is 23.5 Å². The van der Waals surface area contributed by atoms with E-state index < -0.39 is 58.4 Å². The van der Waals surface area contributed by atoms with Gasteiger partial charge in [-0.3, -0.25) is 24.2 Å². The van der Waals surface area contributed by atoms with Crippen molar-refractivity contribution in [3.8, 4) is 22.6 Å². The monoisotopic (exact) mass is 637 g/mol. The molecular weight excluding hydrogens is 598 g/mol. The molecule has 3 aromatic carbocycles. The Morgan fingerprint density at radius 2 is 1.62 bits per heavy atom. The van der Waals surface area contributed by atoms with Crippen LogP contribution in [0.2, 0.25) is 0 Å². The van der Waals surface area contributed by atoms with Crippen LogP contribution >= 0.6 is 0 Å². The number of Topliss-reactive ketones (excluding diaryl/α,β-unsaturated/α-hetero) is 2. The van der Waals surface area contributed by atoms with E-state index in [9.17, 15) is 29.7 Å². The van der Waals surface area contributed by atoms with Gasteiger partial charge in [-0.05, 0) is 86.3 Å². The number of methoxy groups -OCH3 is 1. The standard InChI is InChI=1S/C37H39N3O7/c1-39(2)32-25-16-21-15-24-22(23-14-20(10-13-27(23)47-4)18-40(3)17-19-8-6-5-7-9-19)11-12-26(41)29(24)33(42)28(21)34(43)30(25)35(44)31(36(32)45)37(38)46/h5-14,21,25,30,32,41,43,45H,15-18H2,1-4H3,(H2,38,46)/t21?,25?,30?,32-/m0/s1. The minimum Gasteiger partial charge on any atom is -0.511 e. The third kappa shape index (κ3) is 5.47. The molecule has 0 aliphatic heterocycles. The van der Waals surface area contributed by atoms with Gasteiger partial charge in [0, 0.05) is 24.2 Å². The molecule has 3 aliphatic rings. The summed E-state index contributed by atoms with van der Waals surface area (Å²) in [7, 11) is 7.04. The number of carbonyl (C=O) groups excluding carboxylic acids is 3. The zero-order valence-corrected chi connectivity index (χ0v) is 26.9. The van der Waals surface area contributed by atoms with Gasteiger partial charge < -0.3 is 25.8 Å². The number of phenolic OH excluding ortho intramolecular Hbond substituents is 1. The third-order valence-corrected chi connectivity index (χ3v) is 9.75. The van der Waals surface area contributed by atoms with Crippen LogP contribution in [-0.2, 0) is 29.1 Å². The van der Waals surface area contributed by atoms with Crippen LogP contribution in [0.3, 0.4) is 0 Å². The Labute approximate surface area is 273 Å². The minimum absolute atomic E-state index is 0.0468. The number of phenols is 1. The quantitative estimate of drug-likeness (QED) is 0.265. The summed E-state index contributed by atoms with van der Waals surface area (Å²) in [5, 5.41) is 33.6. The number of nitrogens with two attached hydrogens (primary N) is 1. The molecule has 3 aliphatic carbocycles. The Kier molecular flexibility index (Phi) is 8.42. The van der Waals surface area contributed by atoms with Crippen molar-refractivity contribution >= 4 is 17.5 Å². The van der Waals surface area contributed by atoms with E-state index in [2.05, 4.69) is 17.0 Å². The molecule has 5 N–H and O–H groups in total. The second-order valence-corrected chi connectivity index (χ2v) is 13.0. The number of hydrogen-bond acceptors (Lipinski definition) is 9. The molecule has 10 heteroatoms. The van der Waals surface area contributed by atoms with E-state index in [-0.39, 0.29) is 29.7 Å². The molecule has 0 aromatic heterocycles. The zero-order chi connectivity index (χ0) is 33.7. The summed E-state index contributed by atoms with van der Waals surface area (Å²) in [6, 6.07) is 18.6. The summed E-state index contributed by atoms with van der Waals surface area (Å²) in [5.41, 5.74) is 9.35. The van der Waals surface area contributed by atoms with Gasteiger partial charge in [0.15, 0.2) is 11.6 Å². The van der Waals surface area contributed by atoms with Gasteiger partial charge in [-0.15, -0.1) is 0 Å². The van der Waals surface area contributed by atoms with Gasteiger partial charge in [0.05, 0.1) is 24.6 Å². The molecule has 3 unspecified atom stereocenters. The number of ketones is 2. The molecule has 244 valence electrons. The van der Waals surface area contributed by atoms with Crippen molar-refractivity contribution in [3.05, 3.63) is 106 Å². The smallest absolute Gasteiger partial charge is 0.255 e. The molecule has 47 heavy (non-hydrogen) atoms. The van der Waals surface area contributed by atoms with E-state index >= 15 is 0 Å². The number of carbonyl (C=O) groups is 3. The van der Waals surface area contributed by atoms with E-state index in [0.29, 0.717) is 17.9 Å². The summed E-state index contributed by atoms with van der Waals surface area (Å²) in [4.78, 5) is 43.8. The van der Waals surface area contributed by atoms with Crippen LogP contribution in [0.15, 0.2) is 83.3 Å². The molecule has 0 radical (unpaired) electrons. The van der Waals surface area contributed by atoms with Crippen molar-refractivity contribution in [2.45, 2.75) is 32.0 Å². The van der Waals surface area contributed by atoms with E-state index in [0.717, 1.165) is 23.2 Å². The van der Waals surface area contributed by atoms with Crippen molar-refractivity contribution in [2.75, 3.05) is 28.3 Å². The van der Waals surface area contributed by atoms with Crippen molar-refractivity contribution in [1.82, 2.24) is 9.80 Å². The second kappa shape index (κ2) is 12.4. The lowest BCUT2D eigenvalue weighted by Gasteiger charge is -2.46. The summed E-state index contributed by atoms with van der Waals surface area (Å²) in [6.45, 7) is 1.41. The maximum absolute atomic E-state index is 14.2. The number of nitrogens with zero attached hydrogens (tertiary/aromatic N) is 2. The number of amides is 1. The lowest BCUT2D eigenvalue weighted by atomic mass is 9.60. The number of primary amides is 1. The number of aromatic hydroxyl groups is 1. The Balaban J connectivity index is 1.42. The topological polar surface area (TPSA) is 154 Å². The van der Waals surface area contributed by atoms with Crippen LogP contribution in [0, 0.1) is 17.8 Å². The normalized spacial score (nSPS) is 22.3. The van der Waals surface area contributed by atoms with Gasteiger partial charge >= 0.3 is 0 Å². The van der Waals surface area contributed by atoms with Crippen LogP contribution in [0.5, 0.6) is 11.5 Å². The van der Waals surface area contributed by atoms with E-state index in [1.807, 2.05) is 43.4 Å². The average molecular weight is 638 g/mol. The van der Waals surface area contributed by atoms with Gasteiger partial charge in [-0.1, -0.05) is 42.5 Å². The average Bonchev–Trinajstić information content (AvgIpc) is 3.01. The molecule has 10 nitrogen and oxygen atoms in total. The highest BCUT2D eigenvalue weighted by molar-refractivity contribution is 6.22. The number of allylic oxidation sites excluding steroid dienone is 2. The predicted octanol–water partition coefficient (Wildman–Crippen LogP) is 4.31. The van der Waals surface area contributed by atoms with Crippen molar-refractivity contribution < 1.29 is 34.4 Å². The number of aliphatic hydroxyl groups excluding tert-OH is 2. The minimum atomic E-state index is -1.23. The second-order valence-electron chi connectivity index (χ2n) is 13.0. The number of likely N-dealkylation sites (N-methyl/N-ethyl adjacent to an activating group) is 1. The highest BCUT2D eigenvalue weighted by atomic mass is 16.5. The molecule has 0 heterocycles. The first kappa shape index (κ1) is 32.0. The summed E-state index contributed by atoms with van der Waals surface area (Å²) < 4.78 is 5.77. The first-order valence-corrected chi connectivity index (χ1v) is 15.6. The van der Waals surface area contributed by atoms with Crippen LogP contribution in [0.4, 0.5) is 0 Å². The molecule has 0 saturated carbocycles. The molecule has 4 atom stereocenters. The Morgan fingerprint density at radius 1 is 0.915 bits per heavy atom. The Hall–Kier alpha value is -4.93. The molecule has 0 saturated heterocycles. The number of ether oxygens (including phenoxy) is 1. The first-order valence-electron chi connectivity index (χ1n) is 15.6. The molecule has 0 bridgehead atoms. The SMILES string of the molecule is COc1ccc(CN(C)Cc2ccccc2)cc1-c1ccc(O)c2c1CC1CC3C(C(=O)C(C(N)=O)=C(O)[C@H]3N(C)C)C(O)=C1C2=O. The highest BCUT2D eigenvalue weighted by Gasteiger charge is 2.54. The van der Waals surface area contributed by atoms with Gasteiger partial charge in [0.2, 0.25) is 0 Å². The van der Waals surface area contributed by atoms with Gasteiger partial charge in [-0.2, -0.15) is 0 Å². The van der Waals surface area contributed by atoms with Crippen LogP contribution < -0.4 is 10.5 Å². The number of rotatable bonds is 8. The number of benzene rings is 3. The Bertz CT molecular complexity index is 1850. The van der Waals surface area contributed by atoms with Crippen LogP contribution in [-0.4, -0.2) is 76.9 Å². The molecule has 3 aromatic rings. The maximum Gasteiger partial charge on any atom is 0.255 e. The highest BCUT2D eigenvalue weighted by Crippen LogP contribution is 2.52. The summed E-state index contributed by atoms with van der Waals surface area (Å²) >= 11 is 0. The number of hydrogen-bond donors (Lipinski definition) is 4. The van der Waals surface area contributed by atoms with E-state index in [1.54, 1.807) is 32.2 Å². The molecule has 6 rings (SSSR count). The lowest BCUT2D eigenvalue weighted by Crippen LogP contribution is -2.53. The van der Waals surface area contributed by atoms with Gasteiger partial charge in [0.25, 0.3) is 5.91 Å². The first-order chi connectivity index (χ1) is 22.4. The van der Waals surface area contributed by atoms with Crippen molar-refractivity contribution in [1.29, 1.82) is 0 Å².